The van der Waals surface area contributed by atoms with E-state index >= 15 is 0 Å². The highest BCUT2D eigenvalue weighted by molar-refractivity contribution is 5.76. The second kappa shape index (κ2) is 7.31. The Morgan fingerprint density at radius 2 is 1.88 bits per heavy atom. The van der Waals surface area contributed by atoms with Crippen molar-refractivity contribution in [1.29, 1.82) is 0 Å². The molecule has 25 heavy (non-hydrogen) atoms. The van der Waals surface area contributed by atoms with Crippen molar-refractivity contribution in [2.75, 3.05) is 13.1 Å². The number of carbonyl (C=O) groups excluding carboxylic acids is 1. The maximum Gasteiger partial charge on any atom is 0.223 e. The van der Waals surface area contributed by atoms with E-state index in [9.17, 15) is 13.6 Å². The lowest BCUT2D eigenvalue weighted by molar-refractivity contribution is -0.143. The molecule has 0 aliphatic carbocycles. The Kier molecular flexibility index (Phi) is 5.13. The quantitative estimate of drug-likeness (QED) is 0.850. The second-order valence-corrected chi connectivity index (χ2v) is 6.27. The number of morpholine rings is 1. The number of nitrogens with zero attached hydrogens (tertiary/aromatic N) is 2. The maximum absolute atomic E-state index is 13.8. The van der Waals surface area contributed by atoms with E-state index in [0.29, 0.717) is 13.1 Å². The van der Waals surface area contributed by atoms with Gasteiger partial charge in [0.15, 0.2) is 11.7 Å². The highest BCUT2D eigenvalue weighted by Crippen LogP contribution is 2.27. The van der Waals surface area contributed by atoms with Crippen LogP contribution in [0.3, 0.4) is 0 Å². The van der Waals surface area contributed by atoms with Crippen molar-refractivity contribution in [3.8, 4) is 11.3 Å². The highest BCUT2D eigenvalue weighted by atomic mass is 19.1. The summed E-state index contributed by atoms with van der Waals surface area (Å²) in [6, 6.07) is 3.60. The van der Waals surface area contributed by atoms with Crippen LogP contribution in [-0.2, 0) is 16.0 Å². The SMILES string of the molecule is CC1CN(C(=O)CCc2ncc(-c3c(F)cccc3F)o2)CC(C)O1. The molecule has 2 aromatic rings. The first-order valence-electron chi connectivity index (χ1n) is 8.26. The van der Waals surface area contributed by atoms with Crippen molar-refractivity contribution in [1.82, 2.24) is 9.88 Å². The van der Waals surface area contributed by atoms with Crippen LogP contribution in [0.15, 0.2) is 28.8 Å². The normalized spacial score (nSPS) is 20.7. The van der Waals surface area contributed by atoms with Crippen molar-refractivity contribution in [3.63, 3.8) is 0 Å². The van der Waals surface area contributed by atoms with E-state index in [4.69, 9.17) is 9.15 Å². The fraction of sp³-hybridized carbons (Fsp3) is 0.444. The molecular formula is C18H20F2N2O3. The van der Waals surface area contributed by atoms with Crippen LogP contribution < -0.4 is 0 Å². The minimum atomic E-state index is -0.713. The minimum absolute atomic E-state index is 0.00470. The molecule has 1 fully saturated rings. The van der Waals surface area contributed by atoms with Crippen LogP contribution in [0.1, 0.15) is 26.2 Å². The Labute approximate surface area is 144 Å². The van der Waals surface area contributed by atoms with Crippen LogP contribution in [0, 0.1) is 11.6 Å². The second-order valence-electron chi connectivity index (χ2n) is 6.27. The molecule has 1 amide bonds. The molecule has 3 rings (SSSR count). The lowest BCUT2D eigenvalue weighted by atomic mass is 10.1. The van der Waals surface area contributed by atoms with Crippen molar-refractivity contribution in [3.05, 3.63) is 41.9 Å². The molecule has 0 N–H and O–H groups in total. The third-order valence-electron chi connectivity index (χ3n) is 4.09. The third-order valence-corrected chi connectivity index (χ3v) is 4.09. The molecule has 1 aromatic heterocycles. The van der Waals surface area contributed by atoms with E-state index in [2.05, 4.69) is 4.98 Å². The molecule has 1 saturated heterocycles. The monoisotopic (exact) mass is 350 g/mol. The first kappa shape index (κ1) is 17.5. The maximum atomic E-state index is 13.8. The van der Waals surface area contributed by atoms with Crippen LogP contribution in [0.4, 0.5) is 8.78 Å². The third kappa shape index (κ3) is 4.04. The zero-order chi connectivity index (χ0) is 18.0. The van der Waals surface area contributed by atoms with Crippen molar-refractivity contribution in [2.45, 2.75) is 38.9 Å². The van der Waals surface area contributed by atoms with Gasteiger partial charge in [-0.1, -0.05) is 6.07 Å². The van der Waals surface area contributed by atoms with Gasteiger partial charge in [0, 0.05) is 25.9 Å². The molecule has 0 spiro atoms. The molecule has 0 radical (unpaired) electrons. The fourth-order valence-electron chi connectivity index (χ4n) is 3.03. The first-order valence-corrected chi connectivity index (χ1v) is 8.26. The number of aromatic nitrogens is 1. The lowest BCUT2D eigenvalue weighted by Gasteiger charge is -2.35. The van der Waals surface area contributed by atoms with Crippen molar-refractivity contribution < 1.29 is 22.7 Å². The van der Waals surface area contributed by atoms with Crippen molar-refractivity contribution >= 4 is 5.91 Å². The standard InChI is InChI=1S/C18H20F2N2O3/c1-11-9-22(10-12(2)24-11)17(23)7-6-16-21-8-15(25-16)18-13(19)4-3-5-14(18)20/h3-5,8,11-12H,6-7,9-10H2,1-2H3. The van der Waals surface area contributed by atoms with Crippen molar-refractivity contribution in [2.24, 2.45) is 0 Å². The van der Waals surface area contributed by atoms with Gasteiger partial charge in [-0.05, 0) is 26.0 Å². The highest BCUT2D eigenvalue weighted by Gasteiger charge is 2.26. The molecule has 134 valence electrons. The molecule has 2 atom stereocenters. The number of hydrogen-bond donors (Lipinski definition) is 0. The molecule has 0 saturated carbocycles. The van der Waals surface area contributed by atoms with E-state index in [-0.39, 0.29) is 48.2 Å². The fourth-order valence-corrected chi connectivity index (χ4v) is 3.03. The zero-order valence-electron chi connectivity index (χ0n) is 14.2. The van der Waals surface area contributed by atoms with E-state index < -0.39 is 11.6 Å². The summed E-state index contributed by atoms with van der Waals surface area (Å²) >= 11 is 0. The number of rotatable bonds is 4. The molecule has 1 aliphatic heterocycles. The molecule has 1 aromatic carbocycles. The van der Waals surface area contributed by atoms with Gasteiger partial charge in [-0.25, -0.2) is 13.8 Å². The van der Waals surface area contributed by atoms with Gasteiger partial charge in [-0.3, -0.25) is 4.79 Å². The summed E-state index contributed by atoms with van der Waals surface area (Å²) in [6.07, 6.45) is 1.78. The Morgan fingerprint density at radius 3 is 2.52 bits per heavy atom. The van der Waals surface area contributed by atoms with Gasteiger partial charge in [-0.15, -0.1) is 0 Å². The molecule has 1 aliphatic rings. The Morgan fingerprint density at radius 1 is 1.24 bits per heavy atom. The molecule has 2 unspecified atom stereocenters. The summed E-state index contributed by atoms with van der Waals surface area (Å²) in [5.74, 6) is -1.14. The number of hydrogen-bond acceptors (Lipinski definition) is 4. The van der Waals surface area contributed by atoms with E-state index in [1.165, 1.54) is 12.3 Å². The summed E-state index contributed by atoms with van der Waals surface area (Å²) in [5.41, 5.74) is -0.247. The van der Waals surface area contributed by atoms with Gasteiger partial charge >= 0.3 is 0 Å². The van der Waals surface area contributed by atoms with Gasteiger partial charge < -0.3 is 14.1 Å². The summed E-state index contributed by atoms with van der Waals surface area (Å²) in [7, 11) is 0. The Hall–Kier alpha value is -2.28. The number of ether oxygens (including phenoxy) is 1. The minimum Gasteiger partial charge on any atom is -0.441 e. The largest absolute Gasteiger partial charge is 0.441 e. The van der Waals surface area contributed by atoms with Gasteiger partial charge in [0.05, 0.1) is 24.0 Å². The predicted molar refractivity (Wildman–Crippen MR) is 86.8 cm³/mol. The topological polar surface area (TPSA) is 55.6 Å². The number of benzene rings is 1. The Balaban J connectivity index is 1.63. The number of halogens is 2. The van der Waals surface area contributed by atoms with Gasteiger partial charge in [0.1, 0.15) is 11.6 Å². The molecular weight excluding hydrogens is 330 g/mol. The number of aryl methyl sites for hydroxylation is 1. The Bertz CT molecular complexity index is 732. The number of oxazole rings is 1. The molecule has 5 nitrogen and oxygen atoms in total. The number of amides is 1. The van der Waals surface area contributed by atoms with Crippen LogP contribution in [0.2, 0.25) is 0 Å². The average molecular weight is 350 g/mol. The van der Waals surface area contributed by atoms with Crippen LogP contribution >= 0.6 is 0 Å². The van der Waals surface area contributed by atoms with E-state index in [1.54, 1.807) is 4.90 Å². The first-order chi connectivity index (χ1) is 11.9. The van der Waals surface area contributed by atoms with Crippen LogP contribution in [0.5, 0.6) is 0 Å². The number of carbonyl (C=O) groups is 1. The average Bonchev–Trinajstić information content (AvgIpc) is 3.00. The molecule has 7 heteroatoms. The zero-order valence-corrected chi connectivity index (χ0v) is 14.2. The van der Waals surface area contributed by atoms with Gasteiger partial charge in [0.25, 0.3) is 0 Å². The lowest BCUT2D eigenvalue weighted by Crippen LogP contribution is -2.48. The van der Waals surface area contributed by atoms with E-state index in [1.807, 2.05) is 13.8 Å². The predicted octanol–water partition coefficient (Wildman–Crippen LogP) is 3.19. The smallest absolute Gasteiger partial charge is 0.223 e. The van der Waals surface area contributed by atoms with E-state index in [0.717, 1.165) is 12.1 Å². The molecule has 2 heterocycles. The van der Waals surface area contributed by atoms with Crippen LogP contribution in [0.25, 0.3) is 11.3 Å². The van der Waals surface area contributed by atoms with Crippen LogP contribution in [-0.4, -0.2) is 41.1 Å². The molecule has 0 bridgehead atoms. The van der Waals surface area contributed by atoms with Gasteiger partial charge in [0.2, 0.25) is 5.91 Å². The van der Waals surface area contributed by atoms with Gasteiger partial charge in [-0.2, -0.15) is 0 Å². The summed E-state index contributed by atoms with van der Waals surface area (Å²) < 4.78 is 38.6. The summed E-state index contributed by atoms with van der Waals surface area (Å²) in [6.45, 7) is 4.97. The summed E-state index contributed by atoms with van der Waals surface area (Å²) in [4.78, 5) is 18.1. The summed E-state index contributed by atoms with van der Waals surface area (Å²) in [5, 5.41) is 0.